The number of carbonyl (C=O) groups is 1. The highest BCUT2D eigenvalue weighted by atomic mass is 16.5. The molecule has 1 atom stereocenters. The van der Waals surface area contributed by atoms with E-state index in [0.717, 1.165) is 79.8 Å². The van der Waals surface area contributed by atoms with Crippen LogP contribution in [0.15, 0.2) is 61.6 Å². The number of anilines is 4. The van der Waals surface area contributed by atoms with E-state index in [4.69, 9.17) is 9.47 Å². The van der Waals surface area contributed by atoms with E-state index in [1.54, 1.807) is 7.11 Å². The van der Waals surface area contributed by atoms with E-state index in [0.29, 0.717) is 35.0 Å². The van der Waals surface area contributed by atoms with Gasteiger partial charge in [0.15, 0.2) is 0 Å². The normalized spacial score (nSPS) is 17.9. The Balaban J connectivity index is 1.24. The molecule has 0 spiro atoms. The fourth-order valence-corrected chi connectivity index (χ4v) is 6.54. The second kappa shape index (κ2) is 13.7. The topological polar surface area (TPSA) is 110 Å². The van der Waals surface area contributed by atoms with E-state index in [1.165, 1.54) is 18.8 Å². The van der Waals surface area contributed by atoms with E-state index in [2.05, 4.69) is 55.2 Å². The number of fused-ring (bicyclic) bond motifs is 1. The molecule has 0 saturated carbocycles. The highest BCUT2D eigenvalue weighted by molar-refractivity contribution is 6.02. The fraction of sp³-hybridized carbons (Fsp3) is 0.412. The zero-order valence-electron chi connectivity index (χ0n) is 26.3. The first-order chi connectivity index (χ1) is 21.9. The zero-order chi connectivity index (χ0) is 31.3. The van der Waals surface area contributed by atoms with Gasteiger partial charge in [0.25, 0.3) is 0 Å². The molecular weight excluding hydrogens is 568 g/mol. The molecule has 45 heavy (non-hydrogen) atoms. The molecule has 2 aliphatic heterocycles. The maximum atomic E-state index is 12.6. The van der Waals surface area contributed by atoms with Gasteiger partial charge in [-0.2, -0.15) is 5.10 Å². The number of likely N-dealkylation sites (tertiary alicyclic amines) is 1. The number of hydrogen-bond acceptors (Lipinski definition) is 9. The Morgan fingerprint density at radius 2 is 1.93 bits per heavy atom. The molecule has 1 amide bonds. The van der Waals surface area contributed by atoms with Crippen molar-refractivity contribution in [1.29, 1.82) is 0 Å². The Morgan fingerprint density at radius 1 is 1.09 bits per heavy atom. The van der Waals surface area contributed by atoms with Gasteiger partial charge in [-0.3, -0.25) is 9.48 Å². The first-order valence-corrected chi connectivity index (χ1v) is 15.6. The van der Waals surface area contributed by atoms with E-state index in [9.17, 15) is 4.79 Å². The van der Waals surface area contributed by atoms with Gasteiger partial charge >= 0.3 is 0 Å². The summed E-state index contributed by atoms with van der Waals surface area (Å²) in [6.07, 6.45) is 10.2. The molecule has 4 aromatic rings. The summed E-state index contributed by atoms with van der Waals surface area (Å²) >= 11 is 0. The fourth-order valence-electron chi connectivity index (χ4n) is 6.54. The van der Waals surface area contributed by atoms with Crippen LogP contribution < -0.4 is 20.3 Å². The summed E-state index contributed by atoms with van der Waals surface area (Å²) in [5.74, 6) is 0.963. The Bertz CT molecular complexity index is 1650. The van der Waals surface area contributed by atoms with E-state index in [1.807, 2.05) is 48.3 Å². The minimum atomic E-state index is -0.277. The van der Waals surface area contributed by atoms with Crippen LogP contribution in [-0.4, -0.2) is 83.1 Å². The first-order valence-electron chi connectivity index (χ1n) is 15.6. The monoisotopic (exact) mass is 610 g/mol. The summed E-state index contributed by atoms with van der Waals surface area (Å²) in [6, 6.07) is 12.8. The number of benzene rings is 2. The van der Waals surface area contributed by atoms with Gasteiger partial charge in [0.2, 0.25) is 5.91 Å². The van der Waals surface area contributed by atoms with Crippen LogP contribution in [-0.2, 0) is 16.6 Å². The van der Waals surface area contributed by atoms with Crippen LogP contribution in [0.1, 0.15) is 32.1 Å². The molecule has 2 fully saturated rings. The van der Waals surface area contributed by atoms with Crippen LogP contribution in [0.25, 0.3) is 22.2 Å². The summed E-state index contributed by atoms with van der Waals surface area (Å²) in [4.78, 5) is 26.4. The number of methoxy groups -OCH3 is 1. The van der Waals surface area contributed by atoms with Gasteiger partial charge in [-0.1, -0.05) is 12.6 Å². The minimum Gasteiger partial charge on any atom is -0.494 e. The lowest BCUT2D eigenvalue weighted by Crippen LogP contribution is -2.47. The van der Waals surface area contributed by atoms with Crippen molar-refractivity contribution in [2.24, 2.45) is 7.05 Å². The molecule has 11 heteroatoms. The molecular formula is C34H42N8O3. The highest BCUT2D eigenvalue weighted by Gasteiger charge is 2.29. The van der Waals surface area contributed by atoms with Gasteiger partial charge < -0.3 is 29.9 Å². The van der Waals surface area contributed by atoms with E-state index < -0.39 is 0 Å². The molecule has 6 rings (SSSR count). The molecule has 0 radical (unpaired) electrons. The van der Waals surface area contributed by atoms with Crippen LogP contribution in [0.3, 0.4) is 0 Å². The van der Waals surface area contributed by atoms with Gasteiger partial charge in [-0.15, -0.1) is 0 Å². The predicted molar refractivity (Wildman–Crippen MR) is 178 cm³/mol. The average molecular weight is 611 g/mol. The van der Waals surface area contributed by atoms with Crippen LogP contribution in [0.2, 0.25) is 0 Å². The molecule has 4 heterocycles. The molecule has 2 aliphatic rings. The smallest absolute Gasteiger partial charge is 0.247 e. The lowest BCUT2D eigenvalue weighted by molar-refractivity contribution is -0.111. The maximum absolute atomic E-state index is 12.6. The minimum absolute atomic E-state index is 0.277. The van der Waals surface area contributed by atoms with Crippen molar-refractivity contribution in [2.45, 2.75) is 44.2 Å². The van der Waals surface area contributed by atoms with Crippen molar-refractivity contribution in [3.8, 4) is 17.0 Å². The molecule has 2 aromatic heterocycles. The highest BCUT2D eigenvalue weighted by Crippen LogP contribution is 2.40. The standard InChI is InChI=1S/C34H42N8O3/c1-5-34(43)39-28-18-29(38-33-19-27(35-22-36-33)23-8-9-30-24(17-23)21-37-41(30)3)32(44-4)20-31(28)40(2)25-10-13-42(14-11-25)26-7-6-15-45-16-12-26/h5,8-9,17-22,25-26H,1,6-7,10-16H2,2-4H3,(H,39,43)(H,35,36,38). The lowest BCUT2D eigenvalue weighted by atomic mass is 9.98. The third kappa shape index (κ3) is 6.79. The van der Waals surface area contributed by atoms with Crippen LogP contribution in [0.5, 0.6) is 5.75 Å². The molecule has 2 aromatic carbocycles. The average Bonchev–Trinajstić information content (AvgIpc) is 3.24. The number of amides is 1. The largest absolute Gasteiger partial charge is 0.494 e. The van der Waals surface area contributed by atoms with Gasteiger partial charge in [0.1, 0.15) is 17.9 Å². The van der Waals surface area contributed by atoms with Crippen LogP contribution in [0, 0.1) is 0 Å². The number of rotatable bonds is 9. The van der Waals surface area contributed by atoms with Crippen molar-refractivity contribution < 1.29 is 14.3 Å². The van der Waals surface area contributed by atoms with Crippen molar-refractivity contribution >= 4 is 39.7 Å². The first kappa shape index (κ1) is 30.5. The Labute approximate surface area is 264 Å². The number of carbonyl (C=O) groups excluding carboxylic acids is 1. The second-order valence-electron chi connectivity index (χ2n) is 11.8. The Kier molecular flexibility index (Phi) is 9.27. The maximum Gasteiger partial charge on any atom is 0.247 e. The van der Waals surface area contributed by atoms with Gasteiger partial charge in [-0.05, 0) is 56.4 Å². The van der Waals surface area contributed by atoms with Gasteiger partial charge in [-0.25, -0.2) is 9.97 Å². The number of nitrogens with one attached hydrogen (secondary N) is 2. The summed E-state index contributed by atoms with van der Waals surface area (Å²) < 4.78 is 13.4. The molecule has 0 aliphatic carbocycles. The predicted octanol–water partition coefficient (Wildman–Crippen LogP) is 5.38. The number of aromatic nitrogens is 4. The number of nitrogens with zero attached hydrogens (tertiary/aromatic N) is 6. The zero-order valence-corrected chi connectivity index (χ0v) is 26.3. The number of aryl methyl sites for hydroxylation is 1. The summed E-state index contributed by atoms with van der Waals surface area (Å²) in [5.41, 5.74) is 5.02. The van der Waals surface area contributed by atoms with E-state index >= 15 is 0 Å². The summed E-state index contributed by atoms with van der Waals surface area (Å²) in [6.45, 7) is 7.49. The van der Waals surface area contributed by atoms with Crippen molar-refractivity contribution in [3.63, 3.8) is 0 Å². The van der Waals surface area contributed by atoms with Crippen molar-refractivity contribution in [1.82, 2.24) is 24.6 Å². The van der Waals surface area contributed by atoms with Crippen LogP contribution in [0.4, 0.5) is 22.9 Å². The van der Waals surface area contributed by atoms with Gasteiger partial charge in [0, 0.05) is 75.6 Å². The Morgan fingerprint density at radius 3 is 2.73 bits per heavy atom. The van der Waals surface area contributed by atoms with Gasteiger partial charge in [0.05, 0.1) is 41.6 Å². The number of ether oxygens (including phenoxy) is 2. The molecule has 2 saturated heterocycles. The van der Waals surface area contributed by atoms with Crippen molar-refractivity contribution in [3.05, 3.63) is 61.6 Å². The third-order valence-corrected chi connectivity index (χ3v) is 9.10. The molecule has 236 valence electrons. The lowest BCUT2D eigenvalue weighted by Gasteiger charge is -2.41. The number of hydrogen-bond donors (Lipinski definition) is 2. The summed E-state index contributed by atoms with van der Waals surface area (Å²) in [7, 11) is 5.67. The SMILES string of the molecule is C=CC(=O)Nc1cc(Nc2cc(-c3ccc4c(cnn4C)c3)ncn2)c(OC)cc1N(C)C1CCN(C2CCCOCC2)CC1. The molecule has 11 nitrogen and oxygen atoms in total. The number of piperidine rings is 1. The Hall–Kier alpha value is -4.48. The quantitative estimate of drug-likeness (QED) is 0.242. The third-order valence-electron chi connectivity index (χ3n) is 9.10. The molecule has 0 bridgehead atoms. The molecule has 1 unspecified atom stereocenters. The van der Waals surface area contributed by atoms with Crippen LogP contribution >= 0.6 is 0 Å². The summed E-state index contributed by atoms with van der Waals surface area (Å²) in [5, 5.41) is 11.8. The van der Waals surface area contributed by atoms with E-state index in [-0.39, 0.29) is 5.91 Å². The van der Waals surface area contributed by atoms with Crippen molar-refractivity contribution in [2.75, 3.05) is 56.0 Å². The molecule has 2 N–H and O–H groups in total. The second-order valence-corrected chi connectivity index (χ2v) is 11.8.